The van der Waals surface area contributed by atoms with Crippen LogP contribution in [0.2, 0.25) is 19.6 Å². The van der Waals surface area contributed by atoms with Gasteiger partial charge in [-0.1, -0.05) is 0 Å². The molecule has 0 spiro atoms. The summed E-state index contributed by atoms with van der Waals surface area (Å²) in [5.74, 6) is 0.872. The van der Waals surface area contributed by atoms with Crippen LogP contribution in [0, 0.1) is 0 Å². The molecule has 0 saturated heterocycles. The van der Waals surface area contributed by atoms with Crippen LogP contribution >= 0.6 is 27.7 Å². The Balaban J connectivity index is 0.00000120. The van der Waals surface area contributed by atoms with Crippen molar-refractivity contribution in [1.29, 1.82) is 0 Å². The Morgan fingerprint density at radius 3 is 2.31 bits per heavy atom. The molecule has 0 aromatic heterocycles. The Morgan fingerprint density at radius 1 is 1.00 bits per heavy atom. The van der Waals surface area contributed by atoms with E-state index in [4.69, 9.17) is 0 Å². The van der Waals surface area contributed by atoms with Gasteiger partial charge in [0.1, 0.15) is 0 Å². The first kappa shape index (κ1) is 23.8. The summed E-state index contributed by atoms with van der Waals surface area (Å²) in [6.07, 6.45) is 4.75. The average molecular weight is 599 g/mol. The second kappa shape index (κ2) is 8.60. The molecule has 0 nitrogen and oxygen atoms in total. The molecule has 4 aliphatic rings. The molecule has 0 amide bonds. The van der Waals surface area contributed by atoms with Gasteiger partial charge in [0, 0.05) is 0 Å². The van der Waals surface area contributed by atoms with Crippen molar-refractivity contribution in [3.8, 4) is 0 Å². The van der Waals surface area contributed by atoms with Crippen molar-refractivity contribution in [2.45, 2.75) is 31.5 Å². The Bertz CT molecular complexity index is 1070. The largest absolute Gasteiger partial charge is 1.00 e. The first-order chi connectivity index (χ1) is 12.9. The van der Waals surface area contributed by atoms with E-state index in [0.717, 1.165) is 0 Å². The molecule has 0 radical (unpaired) electrons. The molecule has 29 heavy (non-hydrogen) atoms. The first-order valence-corrected chi connectivity index (χ1v) is 15.7. The topological polar surface area (TPSA) is 0 Å². The smallest absolute Gasteiger partial charge is 1.00 e. The van der Waals surface area contributed by atoms with E-state index in [1.807, 2.05) is 0 Å². The van der Waals surface area contributed by atoms with Gasteiger partial charge in [-0.3, -0.25) is 0 Å². The monoisotopic (exact) mass is 595 g/mol. The van der Waals surface area contributed by atoms with Gasteiger partial charge in [0.2, 0.25) is 0 Å². The minimum Gasteiger partial charge on any atom is -1.00 e. The van der Waals surface area contributed by atoms with Crippen molar-refractivity contribution >= 4 is 41.8 Å². The fourth-order valence-corrected chi connectivity index (χ4v) is 12.0. The summed E-state index contributed by atoms with van der Waals surface area (Å²) >= 11 is 7.50. The predicted octanol–water partition coefficient (Wildman–Crippen LogP) is 1.35. The van der Waals surface area contributed by atoms with Crippen LogP contribution in [0.3, 0.4) is 0 Å². The second-order valence-corrected chi connectivity index (χ2v) is 16.7. The Hall–Kier alpha value is 0.170. The van der Waals surface area contributed by atoms with Gasteiger partial charge in [0.15, 0.2) is 0 Å². The Morgan fingerprint density at radius 2 is 1.69 bits per heavy atom. The minimum absolute atomic E-state index is 0. The fourth-order valence-electron chi connectivity index (χ4n) is 4.55. The molecular formula is C23H20BrCl2SSiZr. The van der Waals surface area contributed by atoms with E-state index in [9.17, 15) is 0 Å². The maximum atomic E-state index is 3.86. The molecule has 6 heteroatoms. The van der Waals surface area contributed by atoms with Crippen LogP contribution in [0.5, 0.6) is 0 Å². The number of fused-ring (bicyclic) bond motifs is 2. The van der Waals surface area contributed by atoms with Gasteiger partial charge in [0.25, 0.3) is 0 Å². The van der Waals surface area contributed by atoms with Crippen molar-refractivity contribution in [3.63, 3.8) is 0 Å². The summed E-state index contributed by atoms with van der Waals surface area (Å²) in [7, 11) is -1.27. The SMILES string of the molecule is C[Si](C)(C)C1=C2SC1=[C]([Zr+2])C2c1ccc(Br)c2c1C=CC2c1ccccc1.[Cl-].[Cl-]. The van der Waals surface area contributed by atoms with E-state index in [-0.39, 0.29) is 24.8 Å². The van der Waals surface area contributed by atoms with Crippen LogP contribution < -0.4 is 24.8 Å². The predicted molar refractivity (Wildman–Crippen MR) is 119 cm³/mol. The molecule has 2 heterocycles. The number of halogens is 3. The molecule has 0 N–H and O–H groups in total. The fraction of sp³-hybridized carbons (Fsp3) is 0.217. The molecule has 0 fully saturated rings. The molecular weight excluding hydrogens is 578 g/mol. The molecule has 0 saturated carbocycles. The van der Waals surface area contributed by atoms with Gasteiger partial charge in [-0.2, -0.15) is 0 Å². The third kappa shape index (κ3) is 3.70. The number of benzene rings is 2. The van der Waals surface area contributed by atoms with Crippen molar-refractivity contribution in [2.24, 2.45) is 0 Å². The molecule has 2 aromatic rings. The molecule has 2 bridgehead atoms. The molecule has 2 aromatic carbocycles. The molecule has 2 atom stereocenters. The summed E-state index contributed by atoms with van der Waals surface area (Å²) in [6, 6.07) is 15.5. The molecule has 2 aliphatic carbocycles. The Kier molecular flexibility index (Phi) is 7.07. The first-order valence-electron chi connectivity index (χ1n) is 9.32. The number of hydrogen-bond acceptors (Lipinski definition) is 1. The van der Waals surface area contributed by atoms with Gasteiger partial charge in [-0.15, -0.1) is 0 Å². The quantitative estimate of drug-likeness (QED) is 0.482. The normalized spacial score (nSPS) is 21.6. The standard InChI is InChI=1S/C23H20BrSSi.2ClH.Zr/c1-26(2,3)23-20-13-18(22(23)25-20)16-11-12-19(24)21-15(9-10-17(16)21)14-7-5-4-6-8-14;;;/h4-12,15,18H,1-3H3;2*1H;/q;;;+2/p-2. The van der Waals surface area contributed by atoms with Gasteiger partial charge in [-0.25, -0.2) is 0 Å². The van der Waals surface area contributed by atoms with Gasteiger partial charge in [0.05, 0.1) is 0 Å². The zero-order valence-electron chi connectivity index (χ0n) is 16.4. The third-order valence-electron chi connectivity index (χ3n) is 5.73. The molecule has 147 valence electrons. The van der Waals surface area contributed by atoms with Gasteiger partial charge < -0.3 is 24.8 Å². The van der Waals surface area contributed by atoms with E-state index in [1.54, 1.807) is 43.0 Å². The number of hydrogen-bond donors (Lipinski definition) is 0. The van der Waals surface area contributed by atoms with Gasteiger partial charge in [-0.05, 0) is 0 Å². The van der Waals surface area contributed by atoms with E-state index in [2.05, 4.69) is 102 Å². The van der Waals surface area contributed by atoms with Crippen molar-refractivity contribution < 1.29 is 49.5 Å². The molecule has 2 aliphatic heterocycles. The summed E-state index contributed by atoms with van der Waals surface area (Å²) in [5.41, 5.74) is 5.77. The summed E-state index contributed by atoms with van der Waals surface area (Å²) in [4.78, 5) is 3.31. The summed E-state index contributed by atoms with van der Waals surface area (Å²) < 4.78 is 2.90. The zero-order chi connectivity index (χ0) is 18.9. The number of rotatable bonds is 3. The minimum atomic E-state index is -1.27. The van der Waals surface area contributed by atoms with Crippen LogP contribution in [0.4, 0.5) is 0 Å². The van der Waals surface area contributed by atoms with Crippen LogP contribution in [0.1, 0.15) is 34.1 Å². The summed E-state index contributed by atoms with van der Waals surface area (Å²) in [5, 5.41) is 1.75. The van der Waals surface area contributed by atoms with Crippen LogP contribution in [0.15, 0.2) is 71.3 Å². The van der Waals surface area contributed by atoms with Crippen molar-refractivity contribution in [3.05, 3.63) is 93.6 Å². The zero-order valence-corrected chi connectivity index (χ0v) is 23.8. The third-order valence-corrected chi connectivity index (χ3v) is 11.9. The van der Waals surface area contributed by atoms with Crippen molar-refractivity contribution in [1.82, 2.24) is 0 Å². The Labute approximate surface area is 214 Å². The number of allylic oxidation sites excluding steroid dienone is 4. The van der Waals surface area contributed by atoms with E-state index >= 15 is 0 Å². The van der Waals surface area contributed by atoms with E-state index in [1.165, 1.54) is 26.7 Å². The molecule has 2 unspecified atom stereocenters. The second-order valence-electron chi connectivity index (χ2n) is 8.48. The average Bonchev–Trinajstić information content (AvgIpc) is 3.24. The maximum absolute atomic E-state index is 3.86. The summed E-state index contributed by atoms with van der Waals surface area (Å²) in [6.45, 7) is 7.47. The van der Waals surface area contributed by atoms with E-state index < -0.39 is 8.07 Å². The van der Waals surface area contributed by atoms with Crippen LogP contribution in [-0.2, 0) is 24.7 Å². The van der Waals surface area contributed by atoms with Crippen molar-refractivity contribution in [2.75, 3.05) is 0 Å². The van der Waals surface area contributed by atoms with Crippen LogP contribution in [0.25, 0.3) is 6.08 Å². The number of thioether (sulfide) groups is 1. The van der Waals surface area contributed by atoms with Gasteiger partial charge >= 0.3 is 192 Å². The maximum Gasteiger partial charge on any atom is -1.00 e. The van der Waals surface area contributed by atoms with Crippen LogP contribution in [-0.4, -0.2) is 8.07 Å². The van der Waals surface area contributed by atoms with E-state index in [0.29, 0.717) is 11.8 Å². The molecule has 6 rings (SSSR count).